The molecule has 3 aromatic carbocycles. The number of amides is 2. The SMILES string of the molecule is COc1cc2c(c(OC)c1OC)-c1ccc(NC(C(=O)NC(c3ccccc3)c3nccn3C)C(C)C)c(=O)cc1C(NC(C)=O)CC2. The molecule has 2 amide bonds. The van der Waals surface area contributed by atoms with Crippen LogP contribution in [0, 0.1) is 5.92 Å². The third-order valence-corrected chi connectivity index (χ3v) is 8.71. The minimum absolute atomic E-state index is 0.185. The van der Waals surface area contributed by atoms with Gasteiger partial charge in [-0.15, -0.1) is 0 Å². The first kappa shape index (κ1) is 34.0. The number of rotatable bonds is 11. The van der Waals surface area contributed by atoms with Crippen molar-refractivity contribution in [3.8, 4) is 28.4 Å². The van der Waals surface area contributed by atoms with Crippen LogP contribution in [0.1, 0.15) is 61.8 Å². The third kappa shape index (κ3) is 6.85. The van der Waals surface area contributed by atoms with Crippen molar-refractivity contribution in [2.24, 2.45) is 13.0 Å². The van der Waals surface area contributed by atoms with Gasteiger partial charge < -0.3 is 34.7 Å². The highest BCUT2D eigenvalue weighted by molar-refractivity contribution is 5.86. The second-order valence-corrected chi connectivity index (χ2v) is 12.2. The van der Waals surface area contributed by atoms with Crippen LogP contribution in [0.3, 0.4) is 0 Å². The zero-order chi connectivity index (χ0) is 34.5. The maximum atomic E-state index is 14.0. The van der Waals surface area contributed by atoms with Gasteiger partial charge in [0.25, 0.3) is 0 Å². The Bertz CT molecular complexity index is 1860. The largest absolute Gasteiger partial charge is 0.493 e. The lowest BCUT2D eigenvalue weighted by molar-refractivity contribution is -0.123. The molecular weight excluding hydrogens is 610 g/mol. The number of carbonyl (C=O) groups excluding carboxylic acids is 2. The maximum Gasteiger partial charge on any atom is 0.243 e. The van der Waals surface area contributed by atoms with E-state index >= 15 is 0 Å². The summed E-state index contributed by atoms with van der Waals surface area (Å²) in [5, 5.41) is 9.46. The standard InChI is InChI=1S/C37H43N5O6/c1-21(2)32(37(45)41-33(23-11-9-8-10-12-23)36-38-17-18-42(36)4)40-28-16-14-25-26(20-29(28)44)27(39-22(3)43)15-13-24-19-30(46-5)34(47-6)35(48-7)31(24)25/h8-12,14,16-21,27,32-33H,13,15H2,1-7H3,(H,39,43)(H,40,44)(H,41,45). The van der Waals surface area contributed by atoms with Crippen LogP contribution in [0.4, 0.5) is 5.69 Å². The Labute approximate surface area is 280 Å². The zero-order valence-corrected chi connectivity index (χ0v) is 28.4. The lowest BCUT2D eigenvalue weighted by Crippen LogP contribution is -2.45. The van der Waals surface area contributed by atoms with Gasteiger partial charge in [-0.2, -0.15) is 0 Å². The predicted molar refractivity (Wildman–Crippen MR) is 185 cm³/mol. The predicted octanol–water partition coefficient (Wildman–Crippen LogP) is 4.94. The van der Waals surface area contributed by atoms with Gasteiger partial charge in [-0.3, -0.25) is 14.4 Å². The van der Waals surface area contributed by atoms with E-state index in [1.54, 1.807) is 39.7 Å². The number of hydrogen-bond acceptors (Lipinski definition) is 8. The van der Waals surface area contributed by atoms with Crippen LogP contribution >= 0.6 is 0 Å². The maximum absolute atomic E-state index is 14.0. The Morgan fingerprint density at radius 1 is 0.979 bits per heavy atom. The fourth-order valence-electron chi connectivity index (χ4n) is 6.36. The van der Waals surface area contributed by atoms with Crippen molar-refractivity contribution in [3.63, 3.8) is 0 Å². The van der Waals surface area contributed by atoms with Gasteiger partial charge in [0.15, 0.2) is 11.5 Å². The number of fused-ring (bicyclic) bond motifs is 3. The van der Waals surface area contributed by atoms with Crippen LogP contribution in [0.2, 0.25) is 0 Å². The molecule has 1 aromatic heterocycles. The number of hydrogen-bond donors (Lipinski definition) is 3. The number of benzene rings is 2. The molecule has 0 saturated heterocycles. The number of nitrogens with zero attached hydrogens (tertiary/aromatic N) is 2. The minimum atomic E-state index is -0.760. The summed E-state index contributed by atoms with van der Waals surface area (Å²) in [6.07, 6.45) is 4.65. The highest BCUT2D eigenvalue weighted by atomic mass is 16.5. The number of aromatic nitrogens is 2. The van der Waals surface area contributed by atoms with Gasteiger partial charge in [-0.05, 0) is 59.2 Å². The molecule has 3 atom stereocenters. The van der Waals surface area contributed by atoms with Gasteiger partial charge in [-0.25, -0.2) is 4.98 Å². The van der Waals surface area contributed by atoms with E-state index < -0.39 is 18.1 Å². The van der Waals surface area contributed by atoms with Crippen molar-refractivity contribution >= 4 is 17.5 Å². The first-order valence-electron chi connectivity index (χ1n) is 15.9. The van der Waals surface area contributed by atoms with Crippen LogP contribution in [0.25, 0.3) is 11.1 Å². The molecule has 11 nitrogen and oxygen atoms in total. The van der Waals surface area contributed by atoms with Crippen LogP contribution in [0.5, 0.6) is 17.2 Å². The number of methoxy groups -OCH3 is 3. The van der Waals surface area contributed by atoms with E-state index in [1.807, 2.05) is 74.1 Å². The van der Waals surface area contributed by atoms with Crippen molar-refractivity contribution in [1.29, 1.82) is 0 Å². The van der Waals surface area contributed by atoms with Crippen LogP contribution in [0.15, 0.2) is 71.8 Å². The number of anilines is 1. The Balaban J connectivity index is 1.59. The van der Waals surface area contributed by atoms with Crippen LogP contribution in [-0.4, -0.2) is 48.7 Å². The molecule has 0 radical (unpaired) electrons. The van der Waals surface area contributed by atoms with Gasteiger partial charge in [-0.1, -0.05) is 50.2 Å². The molecule has 1 heterocycles. The minimum Gasteiger partial charge on any atom is -0.493 e. The van der Waals surface area contributed by atoms with E-state index in [-0.39, 0.29) is 28.8 Å². The van der Waals surface area contributed by atoms with Crippen molar-refractivity contribution < 1.29 is 23.8 Å². The second kappa shape index (κ2) is 14.6. The molecule has 5 rings (SSSR count). The smallest absolute Gasteiger partial charge is 0.243 e. The van der Waals surface area contributed by atoms with Crippen LogP contribution < -0.4 is 35.6 Å². The number of carbonyl (C=O) groups is 2. The average Bonchev–Trinajstić information content (AvgIpc) is 3.36. The van der Waals surface area contributed by atoms with E-state index in [0.29, 0.717) is 47.0 Å². The van der Waals surface area contributed by atoms with Crippen molar-refractivity contribution in [1.82, 2.24) is 20.2 Å². The first-order chi connectivity index (χ1) is 23.1. The highest BCUT2D eigenvalue weighted by Crippen LogP contribution is 2.50. The number of imidazole rings is 1. The molecule has 0 fully saturated rings. The molecule has 4 aromatic rings. The van der Waals surface area contributed by atoms with Crippen LogP contribution in [-0.2, 0) is 23.1 Å². The molecule has 0 bridgehead atoms. The Morgan fingerprint density at radius 2 is 1.71 bits per heavy atom. The van der Waals surface area contributed by atoms with Crippen molar-refractivity contribution in [2.75, 3.05) is 26.6 Å². The molecule has 0 spiro atoms. The van der Waals surface area contributed by atoms with Gasteiger partial charge in [0.1, 0.15) is 17.9 Å². The molecule has 252 valence electrons. The topological polar surface area (TPSA) is 133 Å². The number of aryl methyl sites for hydroxylation is 2. The van der Waals surface area contributed by atoms with Gasteiger partial charge >= 0.3 is 0 Å². The molecule has 0 aliphatic heterocycles. The fourth-order valence-corrected chi connectivity index (χ4v) is 6.36. The summed E-state index contributed by atoms with van der Waals surface area (Å²) in [6, 6.07) is 14.9. The van der Waals surface area contributed by atoms with Crippen molar-refractivity contribution in [3.05, 3.63) is 99.7 Å². The normalized spacial score (nSPS) is 14.9. The average molecular weight is 654 g/mol. The number of ether oxygens (including phenoxy) is 3. The summed E-state index contributed by atoms with van der Waals surface area (Å²) < 4.78 is 19.1. The van der Waals surface area contributed by atoms with Gasteiger partial charge in [0.2, 0.25) is 23.0 Å². The van der Waals surface area contributed by atoms with E-state index in [1.165, 1.54) is 6.92 Å². The molecule has 48 heavy (non-hydrogen) atoms. The van der Waals surface area contributed by atoms with E-state index in [0.717, 1.165) is 16.7 Å². The molecule has 3 N–H and O–H groups in total. The summed E-state index contributed by atoms with van der Waals surface area (Å²) in [7, 11) is 6.55. The van der Waals surface area contributed by atoms with E-state index in [2.05, 4.69) is 20.9 Å². The van der Waals surface area contributed by atoms with Gasteiger partial charge in [0, 0.05) is 31.9 Å². The summed E-state index contributed by atoms with van der Waals surface area (Å²) >= 11 is 0. The summed E-state index contributed by atoms with van der Waals surface area (Å²) in [5.74, 6) is 1.40. The summed E-state index contributed by atoms with van der Waals surface area (Å²) in [4.78, 5) is 44.9. The molecule has 3 unspecified atom stereocenters. The molecular formula is C37H43N5O6. The Morgan fingerprint density at radius 3 is 2.31 bits per heavy atom. The highest BCUT2D eigenvalue weighted by Gasteiger charge is 2.31. The Kier molecular flexibility index (Phi) is 10.4. The third-order valence-electron chi connectivity index (χ3n) is 8.71. The lowest BCUT2D eigenvalue weighted by Gasteiger charge is -2.26. The summed E-state index contributed by atoms with van der Waals surface area (Å²) in [6.45, 7) is 5.30. The summed E-state index contributed by atoms with van der Waals surface area (Å²) in [5.41, 5.74) is 3.81. The fraction of sp³-hybridized carbons (Fsp3) is 0.351. The molecule has 0 saturated carbocycles. The zero-order valence-electron chi connectivity index (χ0n) is 28.4. The Hall–Kier alpha value is -5.32. The van der Waals surface area contributed by atoms with E-state index in [4.69, 9.17) is 14.2 Å². The van der Waals surface area contributed by atoms with Crippen molar-refractivity contribution in [2.45, 2.75) is 51.7 Å². The van der Waals surface area contributed by atoms with Gasteiger partial charge in [0.05, 0.1) is 33.1 Å². The molecule has 1 aliphatic carbocycles. The quantitative estimate of drug-likeness (QED) is 0.208. The lowest BCUT2D eigenvalue weighted by atomic mass is 9.95. The second-order valence-electron chi connectivity index (χ2n) is 12.2. The van der Waals surface area contributed by atoms with E-state index in [9.17, 15) is 14.4 Å². The molecule has 11 heteroatoms. The number of nitrogens with one attached hydrogen (secondary N) is 3. The monoisotopic (exact) mass is 653 g/mol. The first-order valence-corrected chi connectivity index (χ1v) is 15.9. The molecule has 1 aliphatic rings.